The summed E-state index contributed by atoms with van der Waals surface area (Å²) in [5.74, 6) is 0.615. The van der Waals surface area contributed by atoms with E-state index in [2.05, 4.69) is 11.5 Å². The summed E-state index contributed by atoms with van der Waals surface area (Å²) in [7, 11) is 0. The van der Waals surface area contributed by atoms with Gasteiger partial charge in [0.25, 0.3) is 0 Å². The highest BCUT2D eigenvalue weighted by Crippen LogP contribution is 2.45. The summed E-state index contributed by atoms with van der Waals surface area (Å²) in [5, 5.41) is 11.1. The lowest BCUT2D eigenvalue weighted by molar-refractivity contribution is -0.129. The van der Waals surface area contributed by atoms with Gasteiger partial charge in [0, 0.05) is 42.9 Å². The highest BCUT2D eigenvalue weighted by atomic mass is 35.5. The molecular formula is C21H20Cl2N2O3. The molecule has 0 radical (unpaired) electrons. The number of carbonyl (C=O) groups excluding carboxylic acids is 1. The van der Waals surface area contributed by atoms with Crippen molar-refractivity contribution >= 4 is 29.1 Å². The fourth-order valence-electron chi connectivity index (χ4n) is 3.84. The van der Waals surface area contributed by atoms with Crippen LogP contribution < -0.4 is 4.74 Å². The number of phenols is 1. The number of halogens is 2. The van der Waals surface area contributed by atoms with E-state index in [1.807, 2.05) is 12.1 Å². The molecule has 0 saturated carbocycles. The standard InChI is InChI=1S/C21H20Cl2N2O3/c1-2-18(27)25-9-8-24-10-13-6-7-15(19-16(22)4-3-5-17(19)26)20(23)21(13)28-12-14(24)11-25/h2-7,14,26H,1,8-12H2/t14-/m1/s1. The number of fused-ring (bicyclic) bond motifs is 2. The zero-order valence-electron chi connectivity index (χ0n) is 15.2. The van der Waals surface area contributed by atoms with Gasteiger partial charge in [0.2, 0.25) is 5.91 Å². The first-order valence-corrected chi connectivity index (χ1v) is 9.82. The van der Waals surface area contributed by atoms with Gasteiger partial charge in [0.15, 0.2) is 0 Å². The number of ether oxygens (including phenoxy) is 1. The molecule has 146 valence electrons. The number of piperazine rings is 1. The molecule has 1 N–H and O–H groups in total. The molecule has 5 nitrogen and oxygen atoms in total. The Morgan fingerprint density at radius 3 is 2.82 bits per heavy atom. The largest absolute Gasteiger partial charge is 0.507 e. The second-order valence-corrected chi connectivity index (χ2v) is 7.76. The Balaban J connectivity index is 1.66. The molecule has 0 aromatic heterocycles. The summed E-state index contributed by atoms with van der Waals surface area (Å²) in [6.07, 6.45) is 1.35. The molecule has 7 heteroatoms. The maximum atomic E-state index is 12.0. The maximum absolute atomic E-state index is 12.0. The predicted molar refractivity (Wildman–Crippen MR) is 110 cm³/mol. The van der Waals surface area contributed by atoms with Gasteiger partial charge in [0.05, 0.1) is 16.1 Å². The third-order valence-corrected chi connectivity index (χ3v) is 6.01. The normalized spacial score (nSPS) is 19.2. The zero-order valence-corrected chi connectivity index (χ0v) is 16.7. The molecule has 2 aliphatic rings. The Kier molecular flexibility index (Phi) is 5.23. The van der Waals surface area contributed by atoms with Crippen LogP contribution in [-0.4, -0.2) is 53.1 Å². The van der Waals surface area contributed by atoms with Gasteiger partial charge in [-0.3, -0.25) is 9.69 Å². The fraction of sp³-hybridized carbons (Fsp3) is 0.286. The quantitative estimate of drug-likeness (QED) is 0.749. The van der Waals surface area contributed by atoms with E-state index in [1.54, 1.807) is 23.1 Å². The molecule has 28 heavy (non-hydrogen) atoms. The number of hydrogen-bond donors (Lipinski definition) is 1. The molecule has 4 rings (SSSR count). The van der Waals surface area contributed by atoms with Crippen molar-refractivity contribution in [3.63, 3.8) is 0 Å². The van der Waals surface area contributed by atoms with Crippen LogP contribution >= 0.6 is 23.2 Å². The first-order valence-electron chi connectivity index (χ1n) is 9.07. The topological polar surface area (TPSA) is 53.0 Å². The molecular weight excluding hydrogens is 399 g/mol. The molecule has 2 heterocycles. The van der Waals surface area contributed by atoms with Crippen LogP contribution in [0.4, 0.5) is 0 Å². The zero-order chi connectivity index (χ0) is 19.8. The van der Waals surface area contributed by atoms with Gasteiger partial charge in [-0.05, 0) is 18.2 Å². The van der Waals surface area contributed by atoms with E-state index >= 15 is 0 Å². The monoisotopic (exact) mass is 418 g/mol. The van der Waals surface area contributed by atoms with Crippen molar-refractivity contribution in [1.29, 1.82) is 0 Å². The van der Waals surface area contributed by atoms with Gasteiger partial charge in [-0.1, -0.05) is 48.0 Å². The van der Waals surface area contributed by atoms with Crippen LogP contribution in [0.25, 0.3) is 11.1 Å². The van der Waals surface area contributed by atoms with Crippen molar-refractivity contribution in [2.45, 2.75) is 12.6 Å². The molecule has 0 spiro atoms. The lowest BCUT2D eigenvalue weighted by Gasteiger charge is -2.39. The average Bonchev–Trinajstić information content (AvgIpc) is 2.88. The number of carbonyl (C=O) groups is 1. The number of benzene rings is 2. The minimum atomic E-state index is -0.0593. The summed E-state index contributed by atoms with van der Waals surface area (Å²) in [6, 6.07) is 8.88. The van der Waals surface area contributed by atoms with Crippen LogP contribution in [0, 0.1) is 0 Å². The first-order chi connectivity index (χ1) is 13.5. The van der Waals surface area contributed by atoms with Crippen molar-refractivity contribution < 1.29 is 14.6 Å². The van der Waals surface area contributed by atoms with Crippen LogP contribution in [0.15, 0.2) is 43.0 Å². The molecule has 0 bridgehead atoms. The molecule has 1 saturated heterocycles. The third kappa shape index (κ3) is 3.34. The van der Waals surface area contributed by atoms with Crippen LogP contribution in [0.3, 0.4) is 0 Å². The predicted octanol–water partition coefficient (Wildman–Crippen LogP) is 3.96. The molecule has 1 fully saturated rings. The van der Waals surface area contributed by atoms with Gasteiger partial charge >= 0.3 is 0 Å². The van der Waals surface area contributed by atoms with Crippen molar-refractivity contribution in [1.82, 2.24) is 9.80 Å². The summed E-state index contributed by atoms with van der Waals surface area (Å²) < 4.78 is 6.09. The highest BCUT2D eigenvalue weighted by molar-refractivity contribution is 6.37. The number of hydrogen-bond acceptors (Lipinski definition) is 4. The van der Waals surface area contributed by atoms with E-state index in [9.17, 15) is 9.90 Å². The number of amides is 1. The van der Waals surface area contributed by atoms with E-state index in [4.69, 9.17) is 27.9 Å². The highest BCUT2D eigenvalue weighted by Gasteiger charge is 2.33. The summed E-state index contributed by atoms with van der Waals surface area (Å²) in [5.41, 5.74) is 2.10. The van der Waals surface area contributed by atoms with Gasteiger partial charge in [0.1, 0.15) is 18.1 Å². The number of phenolic OH excluding ortho intramolecular Hbond substituents is 1. The number of nitrogens with zero attached hydrogens (tertiary/aromatic N) is 2. The van der Waals surface area contributed by atoms with Crippen LogP contribution in [-0.2, 0) is 11.3 Å². The minimum absolute atomic E-state index is 0.0593. The molecule has 0 aliphatic carbocycles. The average molecular weight is 419 g/mol. The molecule has 1 atom stereocenters. The summed E-state index contributed by atoms with van der Waals surface area (Å²) >= 11 is 13.0. The Bertz CT molecular complexity index is 927. The molecule has 0 unspecified atom stereocenters. The van der Waals surface area contributed by atoms with Crippen LogP contribution in [0.2, 0.25) is 10.0 Å². The Morgan fingerprint density at radius 1 is 1.25 bits per heavy atom. The van der Waals surface area contributed by atoms with Crippen molar-refractivity contribution in [2.24, 2.45) is 0 Å². The minimum Gasteiger partial charge on any atom is -0.507 e. The smallest absolute Gasteiger partial charge is 0.246 e. The van der Waals surface area contributed by atoms with E-state index in [0.29, 0.717) is 53.2 Å². The van der Waals surface area contributed by atoms with E-state index in [-0.39, 0.29) is 17.7 Å². The molecule has 2 aromatic rings. The van der Waals surface area contributed by atoms with Gasteiger partial charge < -0.3 is 14.7 Å². The van der Waals surface area contributed by atoms with Crippen molar-refractivity contribution in [2.75, 3.05) is 26.2 Å². The van der Waals surface area contributed by atoms with Crippen LogP contribution in [0.5, 0.6) is 11.5 Å². The van der Waals surface area contributed by atoms with Crippen molar-refractivity contribution in [3.8, 4) is 22.6 Å². The summed E-state index contributed by atoms with van der Waals surface area (Å²) in [4.78, 5) is 16.1. The van der Waals surface area contributed by atoms with Gasteiger partial charge in [-0.2, -0.15) is 0 Å². The summed E-state index contributed by atoms with van der Waals surface area (Å²) in [6.45, 7) is 6.69. The molecule has 1 amide bonds. The van der Waals surface area contributed by atoms with Crippen molar-refractivity contribution in [3.05, 3.63) is 58.6 Å². The first kappa shape index (κ1) is 19.1. The maximum Gasteiger partial charge on any atom is 0.246 e. The van der Waals surface area contributed by atoms with Gasteiger partial charge in [-0.25, -0.2) is 0 Å². The molecule has 2 aromatic carbocycles. The second-order valence-electron chi connectivity index (χ2n) is 6.97. The van der Waals surface area contributed by atoms with Crippen LogP contribution in [0.1, 0.15) is 5.56 Å². The Hall–Kier alpha value is -2.21. The second kappa shape index (κ2) is 7.66. The number of aromatic hydroxyl groups is 1. The van der Waals surface area contributed by atoms with E-state index in [1.165, 1.54) is 6.08 Å². The number of rotatable bonds is 2. The van der Waals surface area contributed by atoms with E-state index in [0.717, 1.165) is 12.1 Å². The SMILES string of the molecule is C=CC(=O)N1CCN2Cc3ccc(-c4c(O)cccc4Cl)c(Cl)c3OC[C@H]2C1. The van der Waals surface area contributed by atoms with E-state index < -0.39 is 0 Å². The fourth-order valence-corrected chi connectivity index (χ4v) is 4.44. The Morgan fingerprint density at radius 2 is 2.07 bits per heavy atom. The molecule has 2 aliphatic heterocycles. The Labute approximate surface area is 173 Å². The van der Waals surface area contributed by atoms with Gasteiger partial charge in [-0.15, -0.1) is 0 Å². The third-order valence-electron chi connectivity index (χ3n) is 5.32. The lowest BCUT2D eigenvalue weighted by Crippen LogP contribution is -2.55. The lowest BCUT2D eigenvalue weighted by atomic mass is 10.0.